The summed E-state index contributed by atoms with van der Waals surface area (Å²) in [6.07, 6.45) is 3.47. The molecule has 0 spiro atoms. The predicted octanol–water partition coefficient (Wildman–Crippen LogP) is 4.33. The van der Waals surface area contributed by atoms with E-state index in [1.165, 1.54) is 5.54 Å². The van der Waals surface area contributed by atoms with Crippen molar-refractivity contribution in [3.63, 3.8) is 0 Å². The molecule has 19 heavy (non-hydrogen) atoms. The van der Waals surface area contributed by atoms with Crippen LogP contribution in [0.1, 0.15) is 5.56 Å². The van der Waals surface area contributed by atoms with Crippen molar-refractivity contribution in [2.45, 2.75) is 6.92 Å². The van der Waals surface area contributed by atoms with E-state index in [2.05, 4.69) is 10.2 Å². The number of nitrogens with zero attached hydrogens (tertiary/aromatic N) is 3. The van der Waals surface area contributed by atoms with Crippen LogP contribution >= 0.6 is 23.2 Å². The number of halogens is 2. The second kappa shape index (κ2) is 6.55. The fraction of sp³-hybridized carbons (Fsp3) is 0.143. The van der Waals surface area contributed by atoms with Crippen LogP contribution in [-0.2, 0) is 0 Å². The van der Waals surface area contributed by atoms with E-state index in [0.29, 0.717) is 17.4 Å². The largest absolute Gasteiger partial charge is 0.320 e. The highest BCUT2D eigenvalue weighted by Crippen LogP contribution is 2.30. The monoisotopic (exact) mass is 293 g/mol. The maximum atomic E-state index is 6.32. The molecular formula is C14H13Cl2N3. The van der Waals surface area contributed by atoms with Crippen molar-refractivity contribution in [1.29, 1.82) is 0 Å². The van der Waals surface area contributed by atoms with Crippen LogP contribution in [0.15, 0.2) is 48.1 Å². The first-order valence-electron chi connectivity index (χ1n) is 5.79. The van der Waals surface area contributed by atoms with Gasteiger partial charge in [0, 0.05) is 17.8 Å². The molecule has 2 aromatic rings. The molecule has 0 bridgehead atoms. The van der Waals surface area contributed by atoms with Crippen LogP contribution in [0.25, 0.3) is 0 Å². The molecule has 0 atom stereocenters. The Morgan fingerprint density at radius 2 is 2.00 bits per heavy atom. The number of para-hydroxylation sites is 1. The Bertz CT molecular complexity index is 570. The van der Waals surface area contributed by atoms with Crippen molar-refractivity contribution in [2.24, 2.45) is 0 Å². The third-order valence-corrected chi connectivity index (χ3v) is 3.29. The number of anilines is 2. The zero-order valence-corrected chi connectivity index (χ0v) is 11.9. The zero-order valence-electron chi connectivity index (χ0n) is 10.4. The molecule has 1 aromatic heterocycles. The van der Waals surface area contributed by atoms with Gasteiger partial charge in [-0.05, 0) is 24.6 Å². The SMILES string of the molecule is Cc1cnnc(N(CC=CCl)c2ccccc2)c1Cl. The number of hydrogen-bond acceptors (Lipinski definition) is 3. The van der Waals surface area contributed by atoms with E-state index in [1.807, 2.05) is 48.2 Å². The van der Waals surface area contributed by atoms with E-state index in [-0.39, 0.29) is 0 Å². The van der Waals surface area contributed by atoms with Gasteiger partial charge in [-0.2, -0.15) is 5.10 Å². The average molecular weight is 294 g/mol. The third kappa shape index (κ3) is 3.25. The van der Waals surface area contributed by atoms with Gasteiger partial charge in [0.05, 0.1) is 11.2 Å². The molecule has 0 unspecified atom stereocenters. The number of aryl methyl sites for hydroxylation is 1. The van der Waals surface area contributed by atoms with Crippen LogP contribution in [0.5, 0.6) is 0 Å². The van der Waals surface area contributed by atoms with Gasteiger partial charge in [0.1, 0.15) is 0 Å². The van der Waals surface area contributed by atoms with Gasteiger partial charge in [0.25, 0.3) is 0 Å². The van der Waals surface area contributed by atoms with E-state index in [1.54, 1.807) is 6.20 Å². The molecule has 0 aliphatic carbocycles. The Balaban J connectivity index is 2.46. The highest BCUT2D eigenvalue weighted by atomic mass is 35.5. The van der Waals surface area contributed by atoms with Crippen LogP contribution in [0.4, 0.5) is 11.5 Å². The summed E-state index contributed by atoms with van der Waals surface area (Å²) < 4.78 is 0. The lowest BCUT2D eigenvalue weighted by Crippen LogP contribution is -2.19. The summed E-state index contributed by atoms with van der Waals surface area (Å²) in [5.74, 6) is 0.627. The zero-order chi connectivity index (χ0) is 13.7. The first kappa shape index (κ1) is 13.8. The fourth-order valence-corrected chi connectivity index (χ4v) is 1.96. The summed E-state index contributed by atoms with van der Waals surface area (Å²) in [5, 5.41) is 8.70. The molecule has 5 heteroatoms. The summed E-state index contributed by atoms with van der Waals surface area (Å²) >= 11 is 11.9. The molecule has 98 valence electrons. The molecule has 0 fully saturated rings. The number of rotatable bonds is 4. The number of hydrogen-bond donors (Lipinski definition) is 0. The lowest BCUT2D eigenvalue weighted by atomic mass is 10.2. The molecule has 0 radical (unpaired) electrons. The van der Waals surface area contributed by atoms with Crippen LogP contribution < -0.4 is 4.90 Å². The molecule has 0 N–H and O–H groups in total. The standard InChI is InChI=1S/C14H13Cl2N3/c1-11-10-17-18-14(13(11)16)19(9-5-8-15)12-6-3-2-4-7-12/h2-8,10H,9H2,1H3. The Kier molecular flexibility index (Phi) is 4.77. The van der Waals surface area contributed by atoms with Gasteiger partial charge in [0.2, 0.25) is 0 Å². The van der Waals surface area contributed by atoms with Crippen molar-refractivity contribution < 1.29 is 0 Å². The van der Waals surface area contributed by atoms with E-state index in [0.717, 1.165) is 11.3 Å². The predicted molar refractivity (Wildman–Crippen MR) is 80.2 cm³/mol. The van der Waals surface area contributed by atoms with Crippen molar-refractivity contribution in [3.05, 3.63) is 58.7 Å². The summed E-state index contributed by atoms with van der Waals surface area (Å²) in [6, 6.07) is 9.86. The summed E-state index contributed by atoms with van der Waals surface area (Å²) in [6.45, 7) is 2.48. The second-order valence-corrected chi connectivity index (χ2v) is 4.60. The van der Waals surface area contributed by atoms with Crippen LogP contribution in [0.2, 0.25) is 5.02 Å². The van der Waals surface area contributed by atoms with Gasteiger partial charge < -0.3 is 4.90 Å². The van der Waals surface area contributed by atoms with E-state index in [4.69, 9.17) is 23.2 Å². The van der Waals surface area contributed by atoms with Crippen molar-refractivity contribution in [2.75, 3.05) is 11.4 Å². The minimum atomic E-state index is 0.575. The Morgan fingerprint density at radius 1 is 1.26 bits per heavy atom. The van der Waals surface area contributed by atoms with Gasteiger partial charge in [-0.25, -0.2) is 0 Å². The fourth-order valence-electron chi connectivity index (χ4n) is 1.69. The molecule has 1 aromatic carbocycles. The van der Waals surface area contributed by atoms with Gasteiger partial charge in [-0.1, -0.05) is 47.5 Å². The average Bonchev–Trinajstić information content (AvgIpc) is 2.45. The summed E-state index contributed by atoms with van der Waals surface area (Å²) in [5.41, 5.74) is 3.36. The van der Waals surface area contributed by atoms with Crippen molar-refractivity contribution in [1.82, 2.24) is 10.2 Å². The maximum Gasteiger partial charge on any atom is 0.175 e. The topological polar surface area (TPSA) is 29.0 Å². The molecule has 0 saturated carbocycles. The molecule has 0 saturated heterocycles. The number of benzene rings is 1. The smallest absolute Gasteiger partial charge is 0.175 e. The molecule has 0 amide bonds. The third-order valence-electron chi connectivity index (χ3n) is 2.65. The quantitative estimate of drug-likeness (QED) is 0.840. The molecular weight excluding hydrogens is 281 g/mol. The molecule has 1 heterocycles. The van der Waals surface area contributed by atoms with Crippen molar-refractivity contribution in [3.8, 4) is 0 Å². The minimum Gasteiger partial charge on any atom is -0.320 e. The Morgan fingerprint density at radius 3 is 2.68 bits per heavy atom. The van der Waals surface area contributed by atoms with Crippen LogP contribution in [0.3, 0.4) is 0 Å². The normalized spacial score (nSPS) is 10.9. The van der Waals surface area contributed by atoms with Gasteiger partial charge in [-0.3, -0.25) is 0 Å². The Labute approximate surface area is 122 Å². The van der Waals surface area contributed by atoms with Crippen LogP contribution in [0, 0.1) is 6.92 Å². The maximum absolute atomic E-state index is 6.32. The number of aromatic nitrogens is 2. The lowest BCUT2D eigenvalue weighted by molar-refractivity contribution is 0.950. The van der Waals surface area contributed by atoms with E-state index < -0.39 is 0 Å². The van der Waals surface area contributed by atoms with Gasteiger partial charge >= 0.3 is 0 Å². The molecule has 0 aliphatic heterocycles. The summed E-state index contributed by atoms with van der Waals surface area (Å²) in [7, 11) is 0. The Hall–Kier alpha value is -1.58. The second-order valence-electron chi connectivity index (χ2n) is 3.97. The lowest BCUT2D eigenvalue weighted by Gasteiger charge is -2.23. The van der Waals surface area contributed by atoms with Crippen LogP contribution in [-0.4, -0.2) is 16.7 Å². The summed E-state index contributed by atoms with van der Waals surface area (Å²) in [4.78, 5) is 1.96. The molecule has 0 aliphatic rings. The van der Waals surface area contributed by atoms with Gasteiger partial charge in [-0.15, -0.1) is 5.10 Å². The first-order valence-corrected chi connectivity index (χ1v) is 6.61. The van der Waals surface area contributed by atoms with E-state index >= 15 is 0 Å². The van der Waals surface area contributed by atoms with E-state index in [9.17, 15) is 0 Å². The molecule has 3 nitrogen and oxygen atoms in total. The molecule has 2 rings (SSSR count). The minimum absolute atomic E-state index is 0.575. The first-order chi connectivity index (χ1) is 9.24. The van der Waals surface area contributed by atoms with Crippen molar-refractivity contribution >= 4 is 34.7 Å². The highest BCUT2D eigenvalue weighted by molar-refractivity contribution is 6.33. The highest BCUT2D eigenvalue weighted by Gasteiger charge is 2.14. The van der Waals surface area contributed by atoms with Gasteiger partial charge in [0.15, 0.2) is 5.82 Å².